The summed E-state index contributed by atoms with van der Waals surface area (Å²) >= 11 is 0. The van der Waals surface area contributed by atoms with Crippen molar-refractivity contribution in [3.05, 3.63) is 0 Å². The number of aliphatic hydroxyl groups excluding tert-OH is 1. The van der Waals surface area contributed by atoms with Gasteiger partial charge in [-0.25, -0.2) is 10.6 Å². The number of aliphatic imine (C=N–C) groups is 1. The maximum Gasteiger partial charge on any atom is 0.328 e. The van der Waals surface area contributed by atoms with E-state index in [0.717, 1.165) is 0 Å². The van der Waals surface area contributed by atoms with Crippen molar-refractivity contribution >= 4 is 47.8 Å². The van der Waals surface area contributed by atoms with E-state index in [1.54, 1.807) is 0 Å². The molecule has 0 aliphatic heterocycles. The Bertz CT molecular complexity index is 882. The standard InChI is InChI=1S/C20H34N8O10/c1-11(30)23-7-15(31)26-12(4-2-3-5-22-10-25-21)18(35)24-8-16(32)27-13(6-17(33)34)19(36)28-14(9-29)20(37)38/h10,12-14,29H,2-9,21H2,1H3,(H,22,25)(H,23,30)(H,24,35)(H,26,31)(H,27,32)(H,28,36)(H,33,34)(H,37,38)/t12-,13-,14-/m0/s1. The number of carbonyl (C=O) groups excluding carboxylic acids is 5. The highest BCUT2D eigenvalue weighted by Crippen LogP contribution is 2.02. The van der Waals surface area contributed by atoms with Crippen molar-refractivity contribution in [2.45, 2.75) is 50.7 Å². The second-order valence-electron chi connectivity index (χ2n) is 7.75. The second kappa shape index (κ2) is 18.9. The van der Waals surface area contributed by atoms with Gasteiger partial charge in [0.1, 0.15) is 18.1 Å². The molecule has 5 amide bonds. The third kappa shape index (κ3) is 15.6. The van der Waals surface area contributed by atoms with Crippen LogP contribution in [0.25, 0.3) is 0 Å². The van der Waals surface area contributed by atoms with E-state index in [-0.39, 0.29) is 13.0 Å². The SMILES string of the molecule is CC(=O)NCC(=O)N[C@@H](CCCCN=CNN)C(=O)NCC(=O)N[C@@H](CC(=O)O)C(=O)N[C@@H](CO)C(=O)O. The Kier molecular flexibility index (Phi) is 16.7. The van der Waals surface area contributed by atoms with Gasteiger partial charge in [0.2, 0.25) is 29.5 Å². The van der Waals surface area contributed by atoms with Gasteiger partial charge in [-0.15, -0.1) is 0 Å². The zero-order chi connectivity index (χ0) is 29.1. The number of carboxylic acids is 2. The van der Waals surface area contributed by atoms with Crippen molar-refractivity contribution in [3.63, 3.8) is 0 Å². The lowest BCUT2D eigenvalue weighted by atomic mass is 10.1. The van der Waals surface area contributed by atoms with Crippen molar-refractivity contribution in [2.24, 2.45) is 10.8 Å². The first kappa shape index (κ1) is 33.7. The van der Waals surface area contributed by atoms with Crippen molar-refractivity contribution in [1.82, 2.24) is 32.0 Å². The molecule has 0 spiro atoms. The molecule has 0 aromatic rings. The Morgan fingerprint density at radius 2 is 1.45 bits per heavy atom. The van der Waals surface area contributed by atoms with Crippen LogP contribution in [0, 0.1) is 0 Å². The number of hydrazine groups is 1. The minimum absolute atomic E-state index is 0.145. The summed E-state index contributed by atoms with van der Waals surface area (Å²) in [5, 5.41) is 37.9. The quantitative estimate of drug-likeness (QED) is 0.0239. The summed E-state index contributed by atoms with van der Waals surface area (Å²) in [5.41, 5.74) is 2.23. The largest absolute Gasteiger partial charge is 0.481 e. The Balaban J connectivity index is 5.13. The van der Waals surface area contributed by atoms with E-state index in [1.807, 2.05) is 5.32 Å². The second-order valence-corrected chi connectivity index (χ2v) is 7.75. The maximum atomic E-state index is 12.6. The molecule has 0 fully saturated rings. The van der Waals surface area contributed by atoms with Crippen LogP contribution < -0.4 is 37.9 Å². The van der Waals surface area contributed by atoms with Crippen molar-refractivity contribution in [3.8, 4) is 0 Å². The van der Waals surface area contributed by atoms with Crippen LogP contribution in [0.3, 0.4) is 0 Å². The smallest absolute Gasteiger partial charge is 0.328 e. The molecule has 0 saturated carbocycles. The van der Waals surface area contributed by atoms with E-state index in [9.17, 15) is 33.6 Å². The van der Waals surface area contributed by atoms with Crippen LogP contribution in [0.2, 0.25) is 0 Å². The number of rotatable bonds is 19. The molecule has 38 heavy (non-hydrogen) atoms. The molecule has 18 heteroatoms. The van der Waals surface area contributed by atoms with Gasteiger partial charge in [-0.05, 0) is 19.3 Å². The molecule has 3 atom stereocenters. The Hall–Kier alpha value is -4.32. The number of aliphatic carboxylic acids is 2. The number of aliphatic hydroxyl groups is 1. The molecule has 18 nitrogen and oxygen atoms in total. The number of carboxylic acid groups (broad SMARTS) is 2. The van der Waals surface area contributed by atoms with E-state index in [1.165, 1.54) is 13.3 Å². The summed E-state index contributed by atoms with van der Waals surface area (Å²) in [6.45, 7) is -0.488. The van der Waals surface area contributed by atoms with Gasteiger partial charge in [0.15, 0.2) is 0 Å². The number of hydrogen-bond donors (Lipinski definition) is 10. The molecule has 0 unspecified atom stereocenters. The first-order valence-electron chi connectivity index (χ1n) is 11.3. The van der Waals surface area contributed by atoms with Gasteiger partial charge in [-0.2, -0.15) is 0 Å². The first-order chi connectivity index (χ1) is 17.9. The number of amides is 5. The molecule has 0 heterocycles. The summed E-state index contributed by atoms with van der Waals surface area (Å²) in [4.78, 5) is 86.2. The first-order valence-corrected chi connectivity index (χ1v) is 11.3. The normalized spacial score (nSPS) is 12.9. The molecule has 0 aliphatic carbocycles. The fraction of sp³-hybridized carbons (Fsp3) is 0.600. The van der Waals surface area contributed by atoms with Gasteiger partial charge in [-0.1, -0.05) is 0 Å². The minimum atomic E-state index is -1.73. The number of nitrogens with zero attached hydrogens (tertiary/aromatic N) is 1. The molecule has 0 aliphatic rings. The topological polar surface area (TPSA) is 291 Å². The van der Waals surface area contributed by atoms with Crippen LogP contribution in [0.5, 0.6) is 0 Å². The lowest BCUT2D eigenvalue weighted by molar-refractivity contribution is -0.144. The number of carbonyl (C=O) groups is 7. The predicted molar refractivity (Wildman–Crippen MR) is 129 cm³/mol. The lowest BCUT2D eigenvalue weighted by Crippen LogP contribution is -2.55. The van der Waals surface area contributed by atoms with Gasteiger partial charge in [0.05, 0.1) is 32.5 Å². The lowest BCUT2D eigenvalue weighted by Gasteiger charge is -2.21. The van der Waals surface area contributed by atoms with E-state index in [4.69, 9.17) is 21.2 Å². The van der Waals surface area contributed by atoms with Crippen LogP contribution in [0.15, 0.2) is 4.99 Å². The molecular weight excluding hydrogens is 512 g/mol. The summed E-state index contributed by atoms with van der Waals surface area (Å²) < 4.78 is 0. The van der Waals surface area contributed by atoms with Gasteiger partial charge >= 0.3 is 11.9 Å². The van der Waals surface area contributed by atoms with Crippen molar-refractivity contribution in [2.75, 3.05) is 26.2 Å². The zero-order valence-electron chi connectivity index (χ0n) is 20.7. The highest BCUT2D eigenvalue weighted by atomic mass is 16.4. The van der Waals surface area contributed by atoms with Crippen LogP contribution in [-0.2, 0) is 33.6 Å². The summed E-state index contributed by atoms with van der Waals surface area (Å²) in [6.07, 6.45) is 1.48. The van der Waals surface area contributed by atoms with Crippen LogP contribution in [0.4, 0.5) is 0 Å². The molecule has 0 aromatic carbocycles. The molecule has 0 saturated heterocycles. The Labute approximate surface area is 217 Å². The van der Waals surface area contributed by atoms with Crippen LogP contribution >= 0.6 is 0 Å². The minimum Gasteiger partial charge on any atom is -0.481 e. The van der Waals surface area contributed by atoms with E-state index in [2.05, 4.69) is 31.7 Å². The van der Waals surface area contributed by atoms with E-state index in [0.29, 0.717) is 19.4 Å². The highest BCUT2D eigenvalue weighted by Gasteiger charge is 2.28. The van der Waals surface area contributed by atoms with Crippen molar-refractivity contribution < 1.29 is 48.9 Å². The third-order valence-electron chi connectivity index (χ3n) is 4.60. The van der Waals surface area contributed by atoms with Crippen LogP contribution in [0.1, 0.15) is 32.6 Å². The third-order valence-corrected chi connectivity index (χ3v) is 4.60. The van der Waals surface area contributed by atoms with Gasteiger partial charge in [0.25, 0.3) is 0 Å². The van der Waals surface area contributed by atoms with E-state index < -0.39 is 79.2 Å². The van der Waals surface area contributed by atoms with Crippen LogP contribution in [-0.4, -0.2) is 107 Å². The summed E-state index contributed by atoms with van der Waals surface area (Å²) in [5.74, 6) is -2.06. The number of nitrogens with one attached hydrogen (secondary N) is 6. The number of hydrogen-bond acceptors (Lipinski definition) is 10. The fourth-order valence-corrected chi connectivity index (χ4v) is 2.77. The zero-order valence-corrected chi connectivity index (χ0v) is 20.7. The van der Waals surface area contributed by atoms with Gasteiger partial charge in [0, 0.05) is 13.5 Å². The molecule has 0 radical (unpaired) electrons. The molecule has 11 N–H and O–H groups in total. The Morgan fingerprint density at radius 1 is 0.842 bits per heavy atom. The Morgan fingerprint density at radius 3 is 1.97 bits per heavy atom. The van der Waals surface area contributed by atoms with Gasteiger partial charge < -0.3 is 47.3 Å². The summed E-state index contributed by atoms with van der Waals surface area (Å²) in [6, 6.07) is -4.53. The molecule has 0 bridgehead atoms. The van der Waals surface area contributed by atoms with Gasteiger partial charge in [-0.3, -0.25) is 33.8 Å². The highest BCUT2D eigenvalue weighted by molar-refractivity contribution is 5.95. The number of unbranched alkanes of at least 4 members (excludes halogenated alkanes) is 1. The molecule has 0 aromatic heterocycles. The molecule has 0 rings (SSSR count). The predicted octanol–water partition coefficient (Wildman–Crippen LogP) is -5.09. The monoisotopic (exact) mass is 546 g/mol. The van der Waals surface area contributed by atoms with E-state index >= 15 is 0 Å². The number of nitrogens with two attached hydrogens (primary N) is 1. The summed E-state index contributed by atoms with van der Waals surface area (Å²) in [7, 11) is 0. The molecule has 214 valence electrons. The molecular formula is C20H34N8O10. The maximum absolute atomic E-state index is 12.6. The average Bonchev–Trinajstić information content (AvgIpc) is 2.84. The fourth-order valence-electron chi connectivity index (χ4n) is 2.77. The average molecular weight is 547 g/mol. The van der Waals surface area contributed by atoms with Crippen molar-refractivity contribution in [1.29, 1.82) is 0 Å².